The number of rotatable bonds is 9. The maximum absolute atomic E-state index is 13.3. The number of amides is 3. The fraction of sp³-hybridized carbons (Fsp3) is 0.483. The van der Waals surface area contributed by atoms with E-state index in [1.807, 2.05) is 20.8 Å². The predicted molar refractivity (Wildman–Crippen MR) is 157 cm³/mol. The minimum atomic E-state index is -0.556. The second-order valence-electron chi connectivity index (χ2n) is 11.2. The van der Waals surface area contributed by atoms with Gasteiger partial charge in [-0.1, -0.05) is 11.6 Å². The third-order valence-corrected chi connectivity index (χ3v) is 7.14. The average molecular weight is 585 g/mol. The van der Waals surface area contributed by atoms with Gasteiger partial charge in [-0.2, -0.15) is 0 Å². The van der Waals surface area contributed by atoms with Crippen molar-refractivity contribution in [3.63, 3.8) is 0 Å². The molecule has 0 aliphatic heterocycles. The van der Waals surface area contributed by atoms with Crippen LogP contribution in [0.2, 0.25) is 5.02 Å². The number of anilines is 2. The summed E-state index contributed by atoms with van der Waals surface area (Å²) in [5.41, 5.74) is 0.524. The lowest BCUT2D eigenvalue weighted by atomic mass is 9.84. The Labute approximate surface area is 244 Å². The van der Waals surface area contributed by atoms with Gasteiger partial charge in [-0.3, -0.25) is 14.6 Å². The first-order chi connectivity index (χ1) is 19.5. The van der Waals surface area contributed by atoms with Crippen LogP contribution < -0.4 is 16.0 Å². The summed E-state index contributed by atoms with van der Waals surface area (Å²) in [5.74, 6) is -0.666. The third kappa shape index (κ3) is 8.40. The molecule has 3 amide bonds. The van der Waals surface area contributed by atoms with Gasteiger partial charge in [-0.05, 0) is 90.7 Å². The number of nitrogens with zero attached hydrogens (tertiary/aromatic N) is 3. The van der Waals surface area contributed by atoms with Crippen molar-refractivity contribution < 1.29 is 23.5 Å². The molecule has 1 aliphatic carbocycles. The molecule has 0 saturated heterocycles. The highest BCUT2D eigenvalue weighted by molar-refractivity contribution is 6.30. The van der Waals surface area contributed by atoms with Crippen LogP contribution in [-0.2, 0) is 9.53 Å². The molecule has 0 spiro atoms. The molecule has 1 aliphatic rings. The van der Waals surface area contributed by atoms with Gasteiger partial charge >= 0.3 is 6.09 Å². The minimum absolute atomic E-state index is 0.0442. The molecule has 1 fully saturated rings. The molecule has 0 aromatic carbocycles. The summed E-state index contributed by atoms with van der Waals surface area (Å²) in [6, 6.07) is 6.93. The van der Waals surface area contributed by atoms with Crippen molar-refractivity contribution in [1.29, 1.82) is 0 Å². The molecule has 3 heterocycles. The van der Waals surface area contributed by atoms with E-state index in [1.165, 1.54) is 6.20 Å². The van der Waals surface area contributed by atoms with Crippen molar-refractivity contribution in [1.82, 2.24) is 20.2 Å². The van der Waals surface area contributed by atoms with Gasteiger partial charge in [0.15, 0.2) is 5.58 Å². The van der Waals surface area contributed by atoms with Crippen LogP contribution in [0.1, 0.15) is 63.4 Å². The Morgan fingerprint density at radius 2 is 1.85 bits per heavy atom. The van der Waals surface area contributed by atoms with Crippen LogP contribution in [0.25, 0.3) is 11.1 Å². The van der Waals surface area contributed by atoms with Crippen LogP contribution in [0.5, 0.6) is 0 Å². The summed E-state index contributed by atoms with van der Waals surface area (Å²) in [7, 11) is 2.07. The van der Waals surface area contributed by atoms with Crippen LogP contribution in [0, 0.1) is 5.92 Å². The number of alkyl carbamates (subject to hydrolysis) is 1. The number of nitrogens with one attached hydrogen (secondary N) is 3. The molecule has 12 heteroatoms. The highest BCUT2D eigenvalue weighted by Gasteiger charge is 2.31. The van der Waals surface area contributed by atoms with Crippen molar-refractivity contribution in [3.8, 4) is 0 Å². The zero-order chi connectivity index (χ0) is 29.6. The Morgan fingerprint density at radius 1 is 1.10 bits per heavy atom. The van der Waals surface area contributed by atoms with Crippen molar-refractivity contribution in [3.05, 3.63) is 47.4 Å². The van der Waals surface area contributed by atoms with Gasteiger partial charge in [0.2, 0.25) is 11.7 Å². The normalized spacial score (nSPS) is 17.3. The summed E-state index contributed by atoms with van der Waals surface area (Å²) in [6.07, 6.45) is 6.58. The Hall–Kier alpha value is -3.70. The van der Waals surface area contributed by atoms with Gasteiger partial charge in [0.05, 0.1) is 5.02 Å². The number of ether oxygens (including phenoxy) is 1. The highest BCUT2D eigenvalue weighted by Crippen LogP contribution is 2.33. The Balaban J connectivity index is 1.31. The number of hydrogen-bond donors (Lipinski definition) is 3. The SMILES string of the molecule is CN(CCCNC(=O)OC(C)(C)C)[C@H]1CC[C@H](C(=O)Nc2c(C(=O)Nc3ccc(Cl)cn3)oc3cccnc23)CC1. The number of aromatic nitrogens is 2. The maximum atomic E-state index is 13.3. The minimum Gasteiger partial charge on any atom is -0.447 e. The summed E-state index contributed by atoms with van der Waals surface area (Å²) < 4.78 is 11.1. The number of carbonyl (C=O) groups excluding carboxylic acids is 3. The van der Waals surface area contributed by atoms with E-state index in [9.17, 15) is 14.4 Å². The third-order valence-electron chi connectivity index (χ3n) is 6.92. The van der Waals surface area contributed by atoms with Crippen LogP contribution in [-0.4, -0.2) is 64.6 Å². The van der Waals surface area contributed by atoms with E-state index in [4.69, 9.17) is 20.8 Å². The Kier molecular flexibility index (Phi) is 9.82. The molecule has 220 valence electrons. The van der Waals surface area contributed by atoms with Crippen molar-refractivity contribution >= 4 is 52.1 Å². The molecule has 11 nitrogen and oxygen atoms in total. The molecule has 3 aromatic heterocycles. The second kappa shape index (κ2) is 13.3. The fourth-order valence-corrected chi connectivity index (χ4v) is 4.96. The van der Waals surface area contributed by atoms with E-state index in [0.717, 1.165) is 38.6 Å². The summed E-state index contributed by atoms with van der Waals surface area (Å²) in [6.45, 7) is 6.86. The molecule has 41 heavy (non-hydrogen) atoms. The standard InChI is InChI=1S/C29H37ClN6O5/c1-29(2,3)41-28(39)32-15-6-16-36(4)20-11-8-18(9-12-20)26(37)35-24-23-21(7-5-14-31-23)40-25(24)27(38)34-22-13-10-19(30)17-33-22/h5,7,10,13-14,17-18,20H,6,8-9,11-12,15-16H2,1-4H3,(H,32,39)(H,35,37)(H,33,34,38)/t18-,20-. The highest BCUT2D eigenvalue weighted by atomic mass is 35.5. The number of carbonyl (C=O) groups is 3. The molecule has 0 unspecified atom stereocenters. The van der Waals surface area contributed by atoms with Crippen molar-refractivity contribution in [2.75, 3.05) is 30.8 Å². The molecule has 0 bridgehead atoms. The predicted octanol–water partition coefficient (Wildman–Crippen LogP) is 5.47. The zero-order valence-corrected chi connectivity index (χ0v) is 24.6. The van der Waals surface area contributed by atoms with Crippen LogP contribution in [0.3, 0.4) is 0 Å². The largest absolute Gasteiger partial charge is 0.447 e. The van der Waals surface area contributed by atoms with Gasteiger partial charge in [0.1, 0.15) is 22.6 Å². The van der Waals surface area contributed by atoms with Crippen molar-refractivity contribution in [2.45, 2.75) is 64.5 Å². The van der Waals surface area contributed by atoms with E-state index in [1.54, 1.807) is 30.5 Å². The van der Waals surface area contributed by atoms with Crippen molar-refractivity contribution in [2.24, 2.45) is 5.92 Å². The van der Waals surface area contributed by atoms with Gasteiger partial charge in [0.25, 0.3) is 5.91 Å². The van der Waals surface area contributed by atoms with Crippen LogP contribution >= 0.6 is 11.6 Å². The lowest BCUT2D eigenvalue weighted by Crippen LogP contribution is -2.39. The first-order valence-corrected chi connectivity index (χ1v) is 14.2. The van der Waals surface area contributed by atoms with E-state index in [2.05, 4.69) is 37.9 Å². The van der Waals surface area contributed by atoms with Gasteiger partial charge in [-0.15, -0.1) is 0 Å². The molecule has 0 atom stereocenters. The first-order valence-electron chi connectivity index (χ1n) is 13.8. The molecule has 3 aromatic rings. The maximum Gasteiger partial charge on any atom is 0.407 e. The number of halogens is 1. The van der Waals surface area contributed by atoms with Crippen LogP contribution in [0.15, 0.2) is 41.1 Å². The monoisotopic (exact) mass is 584 g/mol. The number of furan rings is 1. The number of fused-ring (bicyclic) bond motifs is 1. The molecular formula is C29H37ClN6O5. The molecule has 0 radical (unpaired) electrons. The molecule has 1 saturated carbocycles. The van der Waals surface area contributed by atoms with E-state index in [0.29, 0.717) is 34.5 Å². The molecule has 3 N–H and O–H groups in total. The summed E-state index contributed by atoms with van der Waals surface area (Å²) in [5, 5.41) is 8.84. The average Bonchev–Trinajstić information content (AvgIpc) is 3.30. The van der Waals surface area contributed by atoms with Gasteiger partial charge in [-0.25, -0.2) is 9.78 Å². The lowest BCUT2D eigenvalue weighted by Gasteiger charge is -2.34. The quantitative estimate of drug-likeness (QED) is 0.281. The number of hydrogen-bond acceptors (Lipinski definition) is 8. The van der Waals surface area contributed by atoms with Gasteiger partial charge < -0.3 is 30.0 Å². The summed E-state index contributed by atoms with van der Waals surface area (Å²) in [4.78, 5) is 48.9. The second-order valence-corrected chi connectivity index (χ2v) is 11.7. The van der Waals surface area contributed by atoms with Gasteiger partial charge in [0, 0.05) is 30.9 Å². The summed E-state index contributed by atoms with van der Waals surface area (Å²) >= 11 is 5.89. The molecular weight excluding hydrogens is 548 g/mol. The van der Waals surface area contributed by atoms with E-state index in [-0.39, 0.29) is 23.3 Å². The zero-order valence-electron chi connectivity index (χ0n) is 23.8. The first kappa shape index (κ1) is 30.3. The van der Waals surface area contributed by atoms with E-state index >= 15 is 0 Å². The molecule has 4 rings (SSSR count). The Morgan fingerprint density at radius 3 is 2.54 bits per heavy atom. The number of pyridine rings is 2. The fourth-order valence-electron chi connectivity index (χ4n) is 4.85. The van der Waals surface area contributed by atoms with E-state index < -0.39 is 17.6 Å². The Bertz CT molecular complexity index is 1360. The lowest BCUT2D eigenvalue weighted by molar-refractivity contribution is -0.121. The van der Waals surface area contributed by atoms with Crippen LogP contribution in [0.4, 0.5) is 16.3 Å². The smallest absolute Gasteiger partial charge is 0.407 e. The topological polar surface area (TPSA) is 139 Å².